The van der Waals surface area contributed by atoms with Crippen molar-refractivity contribution in [1.82, 2.24) is 4.98 Å². The molecule has 0 spiro atoms. The Hall–Kier alpha value is -3.38. The first-order chi connectivity index (χ1) is 14.7. The normalized spacial score (nSPS) is 15.2. The largest absolute Gasteiger partial charge is 0.485 e. The van der Waals surface area contributed by atoms with Crippen molar-refractivity contribution >= 4 is 32.6 Å². The zero-order valence-corrected chi connectivity index (χ0v) is 17.3. The first kappa shape index (κ1) is 18.6. The molecular weight excluding hydrogens is 396 g/mol. The van der Waals surface area contributed by atoms with Gasteiger partial charge in [-0.05, 0) is 42.3 Å². The molecule has 150 valence electrons. The number of carbonyl (C=O) groups is 1. The summed E-state index contributed by atoms with van der Waals surface area (Å²) >= 11 is 1.51. The van der Waals surface area contributed by atoms with Crippen molar-refractivity contribution in [1.29, 1.82) is 0 Å². The van der Waals surface area contributed by atoms with Crippen LogP contribution in [-0.2, 0) is 11.3 Å². The number of rotatable bonds is 4. The van der Waals surface area contributed by atoms with Gasteiger partial charge in [-0.2, -0.15) is 0 Å². The van der Waals surface area contributed by atoms with E-state index in [1.807, 2.05) is 66.7 Å². The first-order valence-electron chi connectivity index (χ1n) is 9.78. The first-order valence-corrected chi connectivity index (χ1v) is 10.6. The van der Waals surface area contributed by atoms with Crippen LogP contribution < -0.4 is 14.4 Å². The van der Waals surface area contributed by atoms with Crippen LogP contribution in [0, 0.1) is 6.92 Å². The molecule has 1 unspecified atom stereocenters. The number of carbonyl (C=O) groups excluding carboxylic acids is 1. The standard InChI is InChI=1S/C24H20N2O3S/c1-16-11-12-18-22(13-16)30-24(25-18)26(14-17-7-3-2-4-8-17)23(27)21-15-28-19-9-5-6-10-20(19)29-21/h2-13,21H,14-15H2,1H3. The highest BCUT2D eigenvalue weighted by molar-refractivity contribution is 7.22. The maximum atomic E-state index is 13.5. The van der Waals surface area contributed by atoms with Gasteiger partial charge in [0, 0.05) is 0 Å². The minimum absolute atomic E-state index is 0.163. The lowest BCUT2D eigenvalue weighted by Crippen LogP contribution is -2.46. The number of anilines is 1. The van der Waals surface area contributed by atoms with Crippen molar-refractivity contribution in [3.63, 3.8) is 0 Å². The Morgan fingerprint density at radius 1 is 1.07 bits per heavy atom. The van der Waals surface area contributed by atoms with Crippen LogP contribution in [0.1, 0.15) is 11.1 Å². The average molecular weight is 417 g/mol. The number of nitrogens with zero attached hydrogens (tertiary/aromatic N) is 2. The molecule has 0 fully saturated rings. The Labute approximate surface area is 178 Å². The number of aryl methyl sites for hydroxylation is 1. The fourth-order valence-electron chi connectivity index (χ4n) is 3.46. The van der Waals surface area contributed by atoms with Crippen LogP contribution in [0.5, 0.6) is 11.5 Å². The van der Waals surface area contributed by atoms with E-state index < -0.39 is 6.10 Å². The summed E-state index contributed by atoms with van der Waals surface area (Å²) in [5.74, 6) is 1.08. The predicted octanol–water partition coefficient (Wildman–Crippen LogP) is 4.98. The van der Waals surface area contributed by atoms with Crippen molar-refractivity contribution < 1.29 is 14.3 Å². The Bertz CT molecular complexity index is 1210. The third kappa shape index (κ3) is 3.62. The predicted molar refractivity (Wildman–Crippen MR) is 118 cm³/mol. The van der Waals surface area contributed by atoms with E-state index in [-0.39, 0.29) is 12.5 Å². The summed E-state index contributed by atoms with van der Waals surface area (Å²) in [5.41, 5.74) is 3.08. The van der Waals surface area contributed by atoms with Crippen molar-refractivity contribution in [3.8, 4) is 11.5 Å². The highest BCUT2D eigenvalue weighted by Gasteiger charge is 2.33. The molecule has 0 N–H and O–H groups in total. The highest BCUT2D eigenvalue weighted by atomic mass is 32.1. The summed E-state index contributed by atoms with van der Waals surface area (Å²) in [6.07, 6.45) is -0.725. The van der Waals surface area contributed by atoms with Crippen molar-refractivity contribution in [2.24, 2.45) is 0 Å². The molecule has 0 saturated heterocycles. The third-order valence-corrected chi connectivity index (χ3v) is 6.04. The fourth-order valence-corrected chi connectivity index (χ4v) is 4.52. The van der Waals surface area contributed by atoms with E-state index in [1.165, 1.54) is 16.9 Å². The quantitative estimate of drug-likeness (QED) is 0.471. The SMILES string of the molecule is Cc1ccc2nc(N(Cc3ccccc3)C(=O)C3COc4ccccc4O3)sc2c1. The van der Waals surface area contributed by atoms with E-state index in [1.54, 1.807) is 4.90 Å². The maximum Gasteiger partial charge on any atom is 0.273 e. The molecule has 6 heteroatoms. The molecular formula is C24H20N2O3S. The van der Waals surface area contributed by atoms with Gasteiger partial charge < -0.3 is 9.47 Å². The van der Waals surface area contributed by atoms with E-state index in [0.717, 1.165) is 15.8 Å². The summed E-state index contributed by atoms with van der Waals surface area (Å²) in [6, 6.07) is 23.4. The fraction of sp³-hybridized carbons (Fsp3) is 0.167. The molecule has 0 aliphatic carbocycles. The van der Waals surface area contributed by atoms with E-state index in [2.05, 4.69) is 13.0 Å². The van der Waals surface area contributed by atoms with Crippen LogP contribution in [0.25, 0.3) is 10.2 Å². The van der Waals surface area contributed by atoms with Gasteiger partial charge in [0.05, 0.1) is 16.8 Å². The molecule has 1 aliphatic heterocycles. The van der Waals surface area contributed by atoms with Gasteiger partial charge in [0.2, 0.25) is 6.10 Å². The lowest BCUT2D eigenvalue weighted by atomic mass is 10.2. The Kier molecular flexibility index (Phi) is 4.85. The number of thiazole rings is 1. The topological polar surface area (TPSA) is 51.7 Å². The molecule has 0 saturated carbocycles. The molecule has 1 aromatic heterocycles. The van der Waals surface area contributed by atoms with Gasteiger partial charge in [0.15, 0.2) is 16.6 Å². The zero-order valence-electron chi connectivity index (χ0n) is 16.4. The second kappa shape index (κ2) is 7.80. The number of ether oxygens (including phenoxy) is 2. The van der Waals surface area contributed by atoms with Crippen LogP contribution in [0.4, 0.5) is 5.13 Å². The van der Waals surface area contributed by atoms with Gasteiger partial charge in [-0.25, -0.2) is 4.98 Å². The lowest BCUT2D eigenvalue weighted by Gasteiger charge is -2.29. The third-order valence-electron chi connectivity index (χ3n) is 5.00. The van der Waals surface area contributed by atoms with Gasteiger partial charge in [-0.1, -0.05) is 59.9 Å². The summed E-state index contributed by atoms with van der Waals surface area (Å²) in [7, 11) is 0. The molecule has 5 rings (SSSR count). The van der Waals surface area contributed by atoms with Gasteiger partial charge in [-0.3, -0.25) is 9.69 Å². The molecule has 1 amide bonds. The summed E-state index contributed by atoms with van der Waals surface area (Å²) in [4.78, 5) is 20.0. The molecule has 0 bridgehead atoms. The maximum absolute atomic E-state index is 13.5. The van der Waals surface area contributed by atoms with Crippen LogP contribution in [0.3, 0.4) is 0 Å². The van der Waals surface area contributed by atoms with Gasteiger partial charge in [0.1, 0.15) is 6.61 Å². The van der Waals surface area contributed by atoms with Gasteiger partial charge >= 0.3 is 0 Å². The number of aromatic nitrogens is 1. The Morgan fingerprint density at radius 2 is 1.83 bits per heavy atom. The van der Waals surface area contributed by atoms with Gasteiger partial charge in [0.25, 0.3) is 5.91 Å². The Balaban J connectivity index is 1.49. The van der Waals surface area contributed by atoms with Crippen LogP contribution in [-0.4, -0.2) is 23.6 Å². The number of amides is 1. The van der Waals surface area contributed by atoms with E-state index in [0.29, 0.717) is 23.2 Å². The minimum Gasteiger partial charge on any atom is -0.485 e. The van der Waals surface area contributed by atoms with E-state index >= 15 is 0 Å². The second-order valence-corrected chi connectivity index (χ2v) is 8.25. The number of fused-ring (bicyclic) bond motifs is 2. The van der Waals surface area contributed by atoms with Crippen LogP contribution >= 0.6 is 11.3 Å². The molecule has 1 aliphatic rings. The van der Waals surface area contributed by atoms with Crippen LogP contribution in [0.15, 0.2) is 72.8 Å². The highest BCUT2D eigenvalue weighted by Crippen LogP contribution is 2.34. The number of hydrogen-bond acceptors (Lipinski definition) is 5. The minimum atomic E-state index is -0.725. The second-order valence-electron chi connectivity index (χ2n) is 7.24. The van der Waals surface area contributed by atoms with Crippen molar-refractivity contribution in [3.05, 3.63) is 83.9 Å². The number of hydrogen-bond donors (Lipinski definition) is 0. The van der Waals surface area contributed by atoms with E-state index in [4.69, 9.17) is 14.5 Å². The van der Waals surface area contributed by atoms with Crippen molar-refractivity contribution in [2.45, 2.75) is 19.6 Å². The summed E-state index contributed by atoms with van der Waals surface area (Å²) in [5, 5.41) is 0.659. The lowest BCUT2D eigenvalue weighted by molar-refractivity contribution is -0.127. The number of benzene rings is 3. The summed E-state index contributed by atoms with van der Waals surface area (Å²) < 4.78 is 12.8. The smallest absolute Gasteiger partial charge is 0.273 e. The van der Waals surface area contributed by atoms with Gasteiger partial charge in [-0.15, -0.1) is 0 Å². The van der Waals surface area contributed by atoms with E-state index in [9.17, 15) is 4.79 Å². The molecule has 3 aromatic carbocycles. The van der Waals surface area contributed by atoms with Crippen molar-refractivity contribution in [2.75, 3.05) is 11.5 Å². The molecule has 0 radical (unpaired) electrons. The average Bonchev–Trinajstić information content (AvgIpc) is 3.20. The molecule has 5 nitrogen and oxygen atoms in total. The monoisotopic (exact) mass is 416 g/mol. The molecule has 2 heterocycles. The molecule has 4 aromatic rings. The molecule has 30 heavy (non-hydrogen) atoms. The Morgan fingerprint density at radius 3 is 2.67 bits per heavy atom. The summed E-state index contributed by atoms with van der Waals surface area (Å²) in [6.45, 7) is 2.64. The zero-order chi connectivity index (χ0) is 20.5. The van der Waals surface area contributed by atoms with Crippen LogP contribution in [0.2, 0.25) is 0 Å². The number of para-hydroxylation sites is 2. The molecule has 1 atom stereocenters.